The van der Waals surface area contributed by atoms with Gasteiger partial charge in [0, 0.05) is 29.3 Å². The SMILES string of the molecule is N#Cc1ccc(NC(=O)CSc2nnc(-c3ccncc3)n2-c2ccc(F)cc2)cc1Cl. The summed E-state index contributed by atoms with van der Waals surface area (Å²) < 4.78 is 15.2. The highest BCUT2D eigenvalue weighted by atomic mass is 35.5. The lowest BCUT2D eigenvalue weighted by molar-refractivity contribution is -0.113. The molecule has 0 bridgehead atoms. The largest absolute Gasteiger partial charge is 0.325 e. The molecule has 2 heterocycles. The second kappa shape index (κ2) is 9.60. The van der Waals surface area contributed by atoms with Gasteiger partial charge in [-0.3, -0.25) is 14.3 Å². The fraction of sp³-hybridized carbons (Fsp3) is 0.0455. The van der Waals surface area contributed by atoms with Crippen molar-refractivity contribution < 1.29 is 9.18 Å². The van der Waals surface area contributed by atoms with E-state index in [4.69, 9.17) is 16.9 Å². The molecule has 0 atom stereocenters. The molecular weight excluding hydrogens is 451 g/mol. The van der Waals surface area contributed by atoms with Crippen LogP contribution in [0.5, 0.6) is 0 Å². The monoisotopic (exact) mass is 464 g/mol. The molecule has 0 unspecified atom stereocenters. The number of nitriles is 1. The Kier molecular flexibility index (Phi) is 6.44. The molecule has 7 nitrogen and oxygen atoms in total. The minimum absolute atomic E-state index is 0.0489. The zero-order chi connectivity index (χ0) is 22.5. The zero-order valence-electron chi connectivity index (χ0n) is 16.4. The summed E-state index contributed by atoms with van der Waals surface area (Å²) in [6.45, 7) is 0. The van der Waals surface area contributed by atoms with Crippen LogP contribution in [0.3, 0.4) is 0 Å². The number of thioether (sulfide) groups is 1. The van der Waals surface area contributed by atoms with Crippen molar-refractivity contribution in [3.05, 3.63) is 83.4 Å². The number of anilines is 1. The van der Waals surface area contributed by atoms with E-state index in [9.17, 15) is 9.18 Å². The number of carbonyl (C=O) groups is 1. The van der Waals surface area contributed by atoms with E-state index in [0.717, 1.165) is 5.56 Å². The number of aromatic nitrogens is 4. The van der Waals surface area contributed by atoms with E-state index in [0.29, 0.717) is 27.9 Å². The molecule has 0 saturated heterocycles. The maximum atomic E-state index is 13.5. The summed E-state index contributed by atoms with van der Waals surface area (Å²) in [4.78, 5) is 16.5. The summed E-state index contributed by atoms with van der Waals surface area (Å²) in [7, 11) is 0. The molecule has 1 amide bonds. The fourth-order valence-corrected chi connectivity index (χ4v) is 3.86. The van der Waals surface area contributed by atoms with Gasteiger partial charge >= 0.3 is 0 Å². The Morgan fingerprint density at radius 1 is 1.12 bits per heavy atom. The summed E-state index contributed by atoms with van der Waals surface area (Å²) in [6.07, 6.45) is 3.28. The van der Waals surface area contributed by atoms with Gasteiger partial charge in [0.1, 0.15) is 11.9 Å². The highest BCUT2D eigenvalue weighted by molar-refractivity contribution is 7.99. The molecule has 0 aliphatic heterocycles. The molecular formula is C22H14ClFN6OS. The summed E-state index contributed by atoms with van der Waals surface area (Å²) in [6, 6.07) is 16.1. The third-order valence-corrected chi connectivity index (χ3v) is 5.60. The lowest BCUT2D eigenvalue weighted by atomic mass is 10.2. The third-order valence-electron chi connectivity index (χ3n) is 4.36. The zero-order valence-corrected chi connectivity index (χ0v) is 17.9. The van der Waals surface area contributed by atoms with Crippen LogP contribution < -0.4 is 5.32 Å². The van der Waals surface area contributed by atoms with Gasteiger partial charge in [-0.05, 0) is 54.6 Å². The van der Waals surface area contributed by atoms with Gasteiger partial charge in [0.2, 0.25) is 5.91 Å². The van der Waals surface area contributed by atoms with Crippen LogP contribution >= 0.6 is 23.4 Å². The van der Waals surface area contributed by atoms with Crippen LogP contribution in [0.2, 0.25) is 5.02 Å². The number of benzene rings is 2. The van der Waals surface area contributed by atoms with Crippen molar-refractivity contribution in [1.82, 2.24) is 19.7 Å². The van der Waals surface area contributed by atoms with Gasteiger partial charge in [-0.15, -0.1) is 10.2 Å². The Morgan fingerprint density at radius 2 is 1.88 bits per heavy atom. The molecule has 0 spiro atoms. The van der Waals surface area contributed by atoms with Crippen LogP contribution in [-0.2, 0) is 4.79 Å². The van der Waals surface area contributed by atoms with Crippen LogP contribution in [0, 0.1) is 17.1 Å². The summed E-state index contributed by atoms with van der Waals surface area (Å²) in [5.41, 5.74) is 2.25. The highest BCUT2D eigenvalue weighted by Crippen LogP contribution is 2.28. The Morgan fingerprint density at radius 3 is 2.56 bits per heavy atom. The van der Waals surface area contributed by atoms with E-state index in [1.807, 2.05) is 6.07 Å². The predicted molar refractivity (Wildman–Crippen MR) is 120 cm³/mol. The van der Waals surface area contributed by atoms with Crippen molar-refractivity contribution >= 4 is 35.0 Å². The predicted octanol–water partition coefficient (Wildman–Crippen LogP) is 4.72. The first kappa shape index (κ1) is 21.5. The number of hydrogen-bond donors (Lipinski definition) is 1. The van der Waals surface area contributed by atoms with Crippen LogP contribution in [-0.4, -0.2) is 31.4 Å². The molecule has 2 aromatic heterocycles. The van der Waals surface area contributed by atoms with Crippen molar-refractivity contribution in [3.8, 4) is 23.1 Å². The normalized spacial score (nSPS) is 10.5. The van der Waals surface area contributed by atoms with Gasteiger partial charge < -0.3 is 5.32 Å². The molecule has 4 rings (SSSR count). The van der Waals surface area contributed by atoms with Gasteiger partial charge in [-0.2, -0.15) is 5.26 Å². The number of nitrogens with one attached hydrogen (secondary N) is 1. The van der Waals surface area contributed by atoms with Crippen molar-refractivity contribution in [1.29, 1.82) is 5.26 Å². The Labute approximate surface area is 191 Å². The maximum Gasteiger partial charge on any atom is 0.234 e. The molecule has 2 aromatic carbocycles. The first-order valence-corrected chi connectivity index (χ1v) is 10.7. The number of rotatable bonds is 6. The molecule has 0 fully saturated rings. The first-order chi connectivity index (χ1) is 15.5. The van der Waals surface area contributed by atoms with E-state index in [2.05, 4.69) is 20.5 Å². The molecule has 158 valence electrons. The standard InChI is InChI=1S/C22H14ClFN6OS/c23-19-11-17(4-1-15(19)12-25)27-20(31)13-32-22-29-28-21(14-7-9-26-10-8-14)30(22)18-5-2-16(24)3-6-18/h1-11H,13H2,(H,27,31). The summed E-state index contributed by atoms with van der Waals surface area (Å²) in [5, 5.41) is 20.9. The van der Waals surface area contributed by atoms with Gasteiger partial charge in [0.25, 0.3) is 0 Å². The van der Waals surface area contributed by atoms with Crippen molar-refractivity contribution in [2.75, 3.05) is 11.1 Å². The lowest BCUT2D eigenvalue weighted by Crippen LogP contribution is -2.14. The maximum absolute atomic E-state index is 13.5. The second-order valence-corrected chi connectivity index (χ2v) is 7.85. The van der Waals surface area contributed by atoms with Gasteiger partial charge in [-0.1, -0.05) is 23.4 Å². The summed E-state index contributed by atoms with van der Waals surface area (Å²) >= 11 is 7.20. The smallest absolute Gasteiger partial charge is 0.234 e. The van der Waals surface area contributed by atoms with E-state index in [1.54, 1.807) is 47.3 Å². The van der Waals surface area contributed by atoms with E-state index < -0.39 is 0 Å². The Hall–Kier alpha value is -3.74. The average molecular weight is 465 g/mol. The molecule has 32 heavy (non-hydrogen) atoms. The number of hydrogen-bond acceptors (Lipinski definition) is 6. The van der Waals surface area contributed by atoms with Gasteiger partial charge in [0.05, 0.1) is 16.3 Å². The van der Waals surface area contributed by atoms with Crippen LogP contribution in [0.15, 0.2) is 72.1 Å². The van der Waals surface area contributed by atoms with E-state index in [-0.39, 0.29) is 22.5 Å². The Balaban J connectivity index is 1.56. The number of pyridine rings is 1. The topological polar surface area (TPSA) is 96.5 Å². The van der Waals surface area contributed by atoms with Crippen LogP contribution in [0.25, 0.3) is 17.1 Å². The van der Waals surface area contributed by atoms with Crippen LogP contribution in [0.1, 0.15) is 5.56 Å². The molecule has 4 aromatic rings. The minimum atomic E-state index is -0.359. The highest BCUT2D eigenvalue weighted by Gasteiger charge is 2.17. The average Bonchev–Trinajstić information content (AvgIpc) is 3.23. The van der Waals surface area contributed by atoms with Crippen molar-refractivity contribution in [3.63, 3.8) is 0 Å². The number of carbonyl (C=O) groups excluding carboxylic acids is 1. The number of halogens is 2. The van der Waals surface area contributed by atoms with Crippen LogP contribution in [0.4, 0.5) is 10.1 Å². The van der Waals surface area contributed by atoms with E-state index >= 15 is 0 Å². The lowest BCUT2D eigenvalue weighted by Gasteiger charge is -2.10. The minimum Gasteiger partial charge on any atom is -0.325 e. The second-order valence-electron chi connectivity index (χ2n) is 6.50. The van der Waals surface area contributed by atoms with Crippen molar-refractivity contribution in [2.45, 2.75) is 5.16 Å². The van der Waals surface area contributed by atoms with Gasteiger partial charge in [-0.25, -0.2) is 4.39 Å². The summed E-state index contributed by atoms with van der Waals surface area (Å²) in [5.74, 6) is -0.0505. The fourth-order valence-electron chi connectivity index (χ4n) is 2.88. The molecule has 0 aliphatic rings. The number of amides is 1. The Bertz CT molecular complexity index is 1300. The molecule has 0 radical (unpaired) electrons. The van der Waals surface area contributed by atoms with Gasteiger partial charge in [0.15, 0.2) is 11.0 Å². The molecule has 1 N–H and O–H groups in total. The first-order valence-electron chi connectivity index (χ1n) is 9.29. The quantitative estimate of drug-likeness (QED) is 0.414. The van der Waals surface area contributed by atoms with E-state index in [1.165, 1.54) is 36.0 Å². The number of nitrogens with zero attached hydrogens (tertiary/aromatic N) is 5. The molecule has 0 saturated carbocycles. The van der Waals surface area contributed by atoms with Crippen molar-refractivity contribution in [2.24, 2.45) is 0 Å². The molecule has 10 heteroatoms. The molecule has 0 aliphatic carbocycles. The third kappa shape index (κ3) is 4.77.